The number of anilines is 1. The van der Waals surface area contributed by atoms with E-state index in [-0.39, 0.29) is 50.3 Å². The maximum absolute atomic E-state index is 13.0. The Bertz CT molecular complexity index is 1040. The Morgan fingerprint density at radius 3 is 2.22 bits per heavy atom. The van der Waals surface area contributed by atoms with Crippen LogP contribution in [0.25, 0.3) is 0 Å². The van der Waals surface area contributed by atoms with Crippen molar-refractivity contribution in [3.05, 3.63) is 38.3 Å². The summed E-state index contributed by atoms with van der Waals surface area (Å²) in [5.74, 6) is 0.00734. The van der Waals surface area contributed by atoms with E-state index in [1.54, 1.807) is 5.38 Å². The fraction of sp³-hybridized carbons (Fsp3) is 0.522. The highest BCUT2D eigenvalue weighted by Crippen LogP contribution is 2.68. The van der Waals surface area contributed by atoms with Crippen LogP contribution in [0, 0.1) is 16.7 Å². The third-order valence-electron chi connectivity index (χ3n) is 7.45. The number of piperidine rings is 1. The van der Waals surface area contributed by atoms with Gasteiger partial charge in [0.1, 0.15) is 5.69 Å². The topological polar surface area (TPSA) is 82.5 Å². The first kappa shape index (κ1) is 23.3. The number of amides is 2. The van der Waals surface area contributed by atoms with Gasteiger partial charge in [0.15, 0.2) is 5.75 Å². The molecule has 4 rings (SSSR count). The van der Waals surface area contributed by atoms with Gasteiger partial charge in [-0.1, -0.05) is 50.9 Å². The largest absolute Gasteiger partial charge is 0.505 e. The monoisotopic (exact) mass is 495 g/mol. The number of benzene rings is 1. The Hall–Kier alpha value is -1.83. The van der Waals surface area contributed by atoms with Crippen LogP contribution in [0.3, 0.4) is 0 Å². The molecule has 2 aromatic rings. The van der Waals surface area contributed by atoms with E-state index in [0.717, 1.165) is 30.9 Å². The molecule has 0 atom stereocenters. The second-order valence-corrected chi connectivity index (χ2v) is 11.5. The third kappa shape index (κ3) is 3.99. The Morgan fingerprint density at radius 1 is 1.12 bits per heavy atom. The van der Waals surface area contributed by atoms with Crippen LogP contribution in [0.15, 0.2) is 17.5 Å². The average molecular weight is 496 g/mol. The molecule has 2 aliphatic rings. The molecule has 2 amide bonds. The van der Waals surface area contributed by atoms with Crippen molar-refractivity contribution < 1.29 is 14.7 Å². The number of thiazole rings is 1. The SMILES string of the molecule is CC1(C)C(C(=O)N2CCC(c3nc(C(=O)Nc4cc(Cl)c(O)c(Cl)c4)cs3)CC2)C1(C)C. The van der Waals surface area contributed by atoms with Crippen molar-refractivity contribution in [2.75, 3.05) is 18.4 Å². The van der Waals surface area contributed by atoms with Gasteiger partial charge in [0.2, 0.25) is 5.91 Å². The summed E-state index contributed by atoms with van der Waals surface area (Å²) in [4.78, 5) is 32.1. The van der Waals surface area contributed by atoms with E-state index in [9.17, 15) is 14.7 Å². The molecule has 1 aliphatic carbocycles. The summed E-state index contributed by atoms with van der Waals surface area (Å²) in [6.07, 6.45) is 1.69. The maximum atomic E-state index is 13.0. The van der Waals surface area contributed by atoms with Crippen molar-refractivity contribution >= 4 is 52.0 Å². The number of aromatic hydroxyl groups is 1. The standard InChI is InChI=1S/C23H27Cl2N3O3S/c1-22(2)18(23(22,3)4)21(31)28-7-5-12(6-8-28)20-27-16(11-32-20)19(30)26-13-9-14(24)17(29)15(25)10-13/h9-12,18,29H,5-8H2,1-4H3,(H,26,30). The molecule has 6 nitrogen and oxygen atoms in total. The number of nitrogens with one attached hydrogen (secondary N) is 1. The number of hydrogen-bond donors (Lipinski definition) is 2. The zero-order chi connectivity index (χ0) is 23.4. The molecule has 0 bridgehead atoms. The number of carbonyl (C=O) groups is 2. The summed E-state index contributed by atoms with van der Waals surface area (Å²) in [7, 11) is 0. The van der Waals surface area contributed by atoms with Crippen molar-refractivity contribution in [1.29, 1.82) is 0 Å². The number of phenolic OH excluding ortho intramolecular Hbond substituents is 1. The lowest BCUT2D eigenvalue weighted by atomic mass is 9.96. The molecule has 2 heterocycles. The molecule has 0 spiro atoms. The zero-order valence-electron chi connectivity index (χ0n) is 18.5. The van der Waals surface area contributed by atoms with Gasteiger partial charge in [0.05, 0.1) is 15.1 Å². The van der Waals surface area contributed by atoms with Gasteiger partial charge in [0, 0.05) is 36.0 Å². The maximum Gasteiger partial charge on any atom is 0.275 e. The summed E-state index contributed by atoms with van der Waals surface area (Å²) >= 11 is 13.3. The van der Waals surface area contributed by atoms with Gasteiger partial charge in [-0.2, -0.15) is 0 Å². The quantitative estimate of drug-likeness (QED) is 0.525. The lowest BCUT2D eigenvalue weighted by Crippen LogP contribution is -2.39. The highest BCUT2D eigenvalue weighted by atomic mass is 35.5. The Kier molecular flexibility index (Phi) is 5.97. The number of phenols is 1. The number of aromatic nitrogens is 1. The first-order chi connectivity index (χ1) is 14.9. The summed E-state index contributed by atoms with van der Waals surface area (Å²) in [5, 5.41) is 15.1. The van der Waals surface area contributed by atoms with Crippen LogP contribution in [0.1, 0.15) is 62.0 Å². The minimum atomic E-state index is -0.365. The second kappa shape index (κ2) is 8.19. The van der Waals surface area contributed by atoms with Crippen molar-refractivity contribution in [2.45, 2.75) is 46.5 Å². The molecule has 1 aromatic heterocycles. The van der Waals surface area contributed by atoms with Gasteiger partial charge < -0.3 is 15.3 Å². The van der Waals surface area contributed by atoms with E-state index in [1.165, 1.54) is 23.5 Å². The number of halogens is 2. The van der Waals surface area contributed by atoms with Gasteiger partial charge in [-0.05, 0) is 35.8 Å². The molecule has 1 aliphatic heterocycles. The summed E-state index contributed by atoms with van der Waals surface area (Å²) < 4.78 is 0. The van der Waals surface area contributed by atoms with E-state index < -0.39 is 0 Å². The highest BCUT2D eigenvalue weighted by Gasteiger charge is 2.68. The molecular formula is C23H27Cl2N3O3S. The normalized spacial score (nSPS) is 20.2. The molecule has 32 heavy (non-hydrogen) atoms. The number of rotatable bonds is 4. The van der Waals surface area contributed by atoms with E-state index >= 15 is 0 Å². The lowest BCUT2D eigenvalue weighted by molar-refractivity contribution is -0.134. The first-order valence-corrected chi connectivity index (χ1v) is 12.3. The van der Waals surface area contributed by atoms with Gasteiger partial charge in [-0.15, -0.1) is 11.3 Å². The molecule has 1 aromatic carbocycles. The molecule has 2 N–H and O–H groups in total. The zero-order valence-corrected chi connectivity index (χ0v) is 20.9. The van der Waals surface area contributed by atoms with Crippen molar-refractivity contribution in [3.63, 3.8) is 0 Å². The number of likely N-dealkylation sites (tertiary alicyclic amines) is 1. The van der Waals surface area contributed by atoms with Gasteiger partial charge >= 0.3 is 0 Å². The van der Waals surface area contributed by atoms with Crippen LogP contribution >= 0.6 is 34.5 Å². The Morgan fingerprint density at radius 2 is 1.69 bits per heavy atom. The van der Waals surface area contributed by atoms with Crippen LogP contribution < -0.4 is 5.32 Å². The fourth-order valence-electron chi connectivity index (χ4n) is 4.76. The second-order valence-electron chi connectivity index (χ2n) is 9.79. The molecular weight excluding hydrogens is 469 g/mol. The van der Waals surface area contributed by atoms with Crippen LogP contribution in [-0.2, 0) is 4.79 Å². The first-order valence-electron chi connectivity index (χ1n) is 10.7. The smallest absolute Gasteiger partial charge is 0.275 e. The third-order valence-corrected chi connectivity index (χ3v) is 9.04. The highest BCUT2D eigenvalue weighted by molar-refractivity contribution is 7.10. The number of carbonyl (C=O) groups excluding carboxylic acids is 2. The van der Waals surface area contributed by atoms with Gasteiger partial charge in [-0.3, -0.25) is 9.59 Å². The number of hydrogen-bond acceptors (Lipinski definition) is 5. The van der Waals surface area contributed by atoms with Crippen LogP contribution in [0.5, 0.6) is 5.75 Å². The molecule has 0 unspecified atom stereocenters. The fourth-order valence-corrected chi connectivity index (χ4v) is 6.21. The van der Waals surface area contributed by atoms with Gasteiger partial charge in [0.25, 0.3) is 5.91 Å². The van der Waals surface area contributed by atoms with E-state index in [4.69, 9.17) is 23.2 Å². The van der Waals surface area contributed by atoms with E-state index in [0.29, 0.717) is 11.4 Å². The predicted molar refractivity (Wildman–Crippen MR) is 128 cm³/mol. The lowest BCUT2D eigenvalue weighted by Gasteiger charge is -2.31. The van der Waals surface area contributed by atoms with Crippen LogP contribution in [0.2, 0.25) is 10.0 Å². The van der Waals surface area contributed by atoms with E-state index in [1.807, 2.05) is 4.90 Å². The van der Waals surface area contributed by atoms with Crippen molar-refractivity contribution in [2.24, 2.45) is 16.7 Å². The Balaban J connectivity index is 1.36. The Labute approximate surface area is 201 Å². The molecule has 9 heteroatoms. The predicted octanol–water partition coefficient (Wildman–Crippen LogP) is 5.80. The van der Waals surface area contributed by atoms with E-state index in [2.05, 4.69) is 38.0 Å². The molecule has 2 fully saturated rings. The van der Waals surface area contributed by atoms with Gasteiger partial charge in [-0.25, -0.2) is 4.98 Å². The summed E-state index contributed by atoms with van der Waals surface area (Å²) in [6.45, 7) is 10.1. The molecule has 1 saturated carbocycles. The van der Waals surface area contributed by atoms with Crippen LogP contribution in [-0.4, -0.2) is 39.9 Å². The average Bonchev–Trinajstić information content (AvgIpc) is 3.07. The van der Waals surface area contributed by atoms with Crippen molar-refractivity contribution in [1.82, 2.24) is 9.88 Å². The number of nitrogens with zero attached hydrogens (tertiary/aromatic N) is 2. The summed E-state index contributed by atoms with van der Waals surface area (Å²) in [6, 6.07) is 2.87. The van der Waals surface area contributed by atoms with Crippen molar-refractivity contribution in [3.8, 4) is 5.75 Å². The minimum absolute atomic E-state index is 0.0461. The van der Waals surface area contributed by atoms with Crippen LogP contribution in [0.4, 0.5) is 5.69 Å². The molecule has 0 radical (unpaired) electrons. The molecule has 1 saturated heterocycles. The minimum Gasteiger partial charge on any atom is -0.505 e. The molecule has 172 valence electrons. The summed E-state index contributed by atoms with van der Waals surface area (Å²) in [5.41, 5.74) is 0.801.